The molecule has 1 N–H and O–H groups in total. The van der Waals surface area contributed by atoms with E-state index in [4.69, 9.17) is 6.42 Å². The zero-order chi connectivity index (χ0) is 20.1. The molecule has 4 nitrogen and oxygen atoms in total. The summed E-state index contributed by atoms with van der Waals surface area (Å²) < 4.78 is 40.1. The molecule has 0 aliphatic rings. The number of alkyl halides is 3. The Bertz CT molecular complexity index is 1070. The molecular weight excluding hydrogens is 367 g/mol. The lowest BCUT2D eigenvalue weighted by atomic mass is 10.1. The maximum Gasteiger partial charge on any atom is 0.416 e. The van der Waals surface area contributed by atoms with Gasteiger partial charge in [0.1, 0.15) is 0 Å². The fraction of sp³-hybridized carbons (Fsp3) is 0.143. The molecule has 3 aromatic rings. The van der Waals surface area contributed by atoms with Crippen LogP contribution in [0.2, 0.25) is 0 Å². The molecule has 0 spiro atoms. The second-order valence-corrected chi connectivity index (χ2v) is 6.10. The molecule has 0 aliphatic heterocycles. The number of amides is 1. The molecule has 0 radical (unpaired) electrons. The van der Waals surface area contributed by atoms with Crippen LogP contribution in [-0.2, 0) is 23.9 Å². The van der Waals surface area contributed by atoms with Crippen molar-refractivity contribution < 1.29 is 18.0 Å². The number of nitrogens with zero attached hydrogens (tertiary/aromatic N) is 2. The molecule has 142 valence electrons. The number of carbonyl (C=O) groups excluding carboxylic acids is 1. The van der Waals surface area contributed by atoms with Gasteiger partial charge in [0.25, 0.3) is 0 Å². The van der Waals surface area contributed by atoms with Crippen LogP contribution >= 0.6 is 0 Å². The maximum atomic E-state index is 12.7. The van der Waals surface area contributed by atoms with Gasteiger partial charge in [0.2, 0.25) is 5.91 Å². The van der Waals surface area contributed by atoms with E-state index in [0.717, 1.165) is 28.6 Å². The number of benzene rings is 2. The van der Waals surface area contributed by atoms with E-state index in [-0.39, 0.29) is 12.0 Å². The molecule has 1 amide bonds. The number of carbonyl (C=O) groups is 1. The van der Waals surface area contributed by atoms with Gasteiger partial charge in [-0.25, -0.2) is 5.43 Å². The first-order chi connectivity index (χ1) is 13.4. The number of halogens is 3. The lowest BCUT2D eigenvalue weighted by Crippen LogP contribution is -2.20. The Balaban J connectivity index is 1.69. The standard InChI is InChI=1S/C21H16F3N3O/c1-2-10-27-14-16(18-8-3-4-9-19(18)27)13-25-26-20(28)12-15-6-5-7-17(11-15)21(22,23)24/h1,3-9,11,13-14H,10,12H2,(H,26,28)/b25-13-. The fourth-order valence-corrected chi connectivity index (χ4v) is 2.86. The van der Waals surface area contributed by atoms with Gasteiger partial charge in [-0.05, 0) is 17.7 Å². The lowest BCUT2D eigenvalue weighted by Gasteiger charge is -2.08. The molecule has 0 bridgehead atoms. The Morgan fingerprint density at radius 3 is 2.75 bits per heavy atom. The smallest absolute Gasteiger partial charge is 0.335 e. The zero-order valence-corrected chi connectivity index (χ0v) is 14.7. The minimum Gasteiger partial charge on any atom is -0.335 e. The van der Waals surface area contributed by atoms with E-state index in [1.165, 1.54) is 18.3 Å². The van der Waals surface area contributed by atoms with E-state index in [9.17, 15) is 18.0 Å². The van der Waals surface area contributed by atoms with Crippen molar-refractivity contribution in [2.45, 2.75) is 19.1 Å². The van der Waals surface area contributed by atoms with Crippen molar-refractivity contribution in [2.75, 3.05) is 0 Å². The second-order valence-electron chi connectivity index (χ2n) is 6.10. The van der Waals surface area contributed by atoms with E-state index in [1.807, 2.05) is 35.0 Å². The van der Waals surface area contributed by atoms with Crippen LogP contribution in [0.3, 0.4) is 0 Å². The van der Waals surface area contributed by atoms with Crippen LogP contribution in [0.1, 0.15) is 16.7 Å². The van der Waals surface area contributed by atoms with Crippen molar-refractivity contribution in [1.29, 1.82) is 0 Å². The molecule has 1 heterocycles. The topological polar surface area (TPSA) is 46.4 Å². The predicted molar refractivity (Wildman–Crippen MR) is 102 cm³/mol. The summed E-state index contributed by atoms with van der Waals surface area (Å²) in [6, 6.07) is 12.3. The first-order valence-electron chi connectivity index (χ1n) is 8.38. The number of aromatic nitrogens is 1. The highest BCUT2D eigenvalue weighted by molar-refractivity contribution is 5.99. The number of hydrazone groups is 1. The Morgan fingerprint density at radius 2 is 2.00 bits per heavy atom. The number of hydrogen-bond donors (Lipinski definition) is 1. The molecular formula is C21H16F3N3O. The van der Waals surface area contributed by atoms with Gasteiger partial charge in [0, 0.05) is 22.7 Å². The van der Waals surface area contributed by atoms with Gasteiger partial charge >= 0.3 is 6.18 Å². The number of rotatable bonds is 5. The first-order valence-corrected chi connectivity index (χ1v) is 8.38. The van der Waals surface area contributed by atoms with Crippen molar-refractivity contribution in [3.05, 3.63) is 71.4 Å². The first kappa shape index (κ1) is 19.2. The number of hydrogen-bond acceptors (Lipinski definition) is 2. The maximum absolute atomic E-state index is 12.7. The number of fused-ring (bicyclic) bond motifs is 1. The van der Waals surface area contributed by atoms with Crippen molar-refractivity contribution in [2.24, 2.45) is 5.10 Å². The Hall–Kier alpha value is -3.53. The van der Waals surface area contributed by atoms with Crippen LogP contribution < -0.4 is 5.43 Å². The van der Waals surface area contributed by atoms with Crippen LogP contribution in [0.25, 0.3) is 10.9 Å². The SMILES string of the molecule is C#CCn1cc(/C=N\NC(=O)Cc2cccc(C(F)(F)F)c2)c2ccccc21. The summed E-state index contributed by atoms with van der Waals surface area (Å²) in [4.78, 5) is 12.0. The molecule has 0 unspecified atom stereocenters. The zero-order valence-electron chi connectivity index (χ0n) is 14.7. The molecule has 0 aliphatic carbocycles. The summed E-state index contributed by atoms with van der Waals surface area (Å²) in [6.07, 6.45) is 4.04. The molecule has 28 heavy (non-hydrogen) atoms. The van der Waals surface area contributed by atoms with E-state index >= 15 is 0 Å². The summed E-state index contributed by atoms with van der Waals surface area (Å²) >= 11 is 0. The Kier molecular flexibility index (Phi) is 5.50. The molecule has 0 saturated heterocycles. The molecule has 1 aromatic heterocycles. The highest BCUT2D eigenvalue weighted by atomic mass is 19.4. The van der Waals surface area contributed by atoms with Gasteiger partial charge in [-0.3, -0.25) is 4.79 Å². The lowest BCUT2D eigenvalue weighted by molar-refractivity contribution is -0.137. The second kappa shape index (κ2) is 8.01. The minimum absolute atomic E-state index is 0.208. The summed E-state index contributed by atoms with van der Waals surface area (Å²) in [5.74, 6) is 2.06. The molecule has 0 atom stereocenters. The van der Waals surface area contributed by atoms with Crippen molar-refractivity contribution in [1.82, 2.24) is 9.99 Å². The normalized spacial score (nSPS) is 11.6. The fourth-order valence-electron chi connectivity index (χ4n) is 2.86. The Labute approximate surface area is 159 Å². The van der Waals surface area contributed by atoms with E-state index in [0.29, 0.717) is 6.54 Å². The van der Waals surface area contributed by atoms with Gasteiger partial charge in [0.05, 0.1) is 24.7 Å². The number of para-hydroxylation sites is 1. The molecule has 3 rings (SSSR count). The largest absolute Gasteiger partial charge is 0.416 e. The summed E-state index contributed by atoms with van der Waals surface area (Å²) in [6.45, 7) is 0.399. The number of nitrogens with one attached hydrogen (secondary N) is 1. The summed E-state index contributed by atoms with van der Waals surface area (Å²) in [5.41, 5.74) is 3.52. The van der Waals surface area contributed by atoms with E-state index in [2.05, 4.69) is 16.4 Å². The van der Waals surface area contributed by atoms with Crippen LogP contribution in [0, 0.1) is 12.3 Å². The summed E-state index contributed by atoms with van der Waals surface area (Å²) in [5, 5.41) is 4.85. The molecule has 0 fully saturated rings. The Morgan fingerprint density at radius 1 is 1.21 bits per heavy atom. The number of terminal acetylenes is 1. The van der Waals surface area contributed by atoms with E-state index in [1.54, 1.807) is 0 Å². The third-order valence-corrected chi connectivity index (χ3v) is 4.09. The van der Waals surface area contributed by atoms with Crippen LogP contribution in [-0.4, -0.2) is 16.7 Å². The third-order valence-electron chi connectivity index (χ3n) is 4.09. The third kappa shape index (κ3) is 4.41. The van der Waals surface area contributed by atoms with Crippen molar-refractivity contribution in [3.8, 4) is 12.3 Å². The summed E-state index contributed by atoms with van der Waals surface area (Å²) in [7, 11) is 0. The quantitative estimate of drug-likeness (QED) is 0.404. The van der Waals surface area contributed by atoms with Gasteiger partial charge in [-0.15, -0.1) is 6.42 Å². The van der Waals surface area contributed by atoms with Gasteiger partial charge in [0.15, 0.2) is 0 Å². The molecule has 7 heteroatoms. The highest BCUT2D eigenvalue weighted by Crippen LogP contribution is 2.29. The predicted octanol–water partition coefficient (Wildman–Crippen LogP) is 3.99. The minimum atomic E-state index is -4.45. The molecule has 0 saturated carbocycles. The van der Waals surface area contributed by atoms with Crippen LogP contribution in [0.4, 0.5) is 13.2 Å². The van der Waals surface area contributed by atoms with Crippen LogP contribution in [0.5, 0.6) is 0 Å². The average Bonchev–Trinajstić information content (AvgIpc) is 3.00. The highest BCUT2D eigenvalue weighted by Gasteiger charge is 2.30. The molecule has 2 aromatic carbocycles. The van der Waals surface area contributed by atoms with Gasteiger partial charge in [-0.2, -0.15) is 18.3 Å². The van der Waals surface area contributed by atoms with Gasteiger partial charge in [-0.1, -0.05) is 42.3 Å². The van der Waals surface area contributed by atoms with E-state index < -0.39 is 17.6 Å². The van der Waals surface area contributed by atoms with Crippen molar-refractivity contribution >= 4 is 23.0 Å². The van der Waals surface area contributed by atoms with Crippen molar-refractivity contribution in [3.63, 3.8) is 0 Å². The average molecular weight is 383 g/mol. The van der Waals surface area contributed by atoms with Crippen LogP contribution in [0.15, 0.2) is 59.8 Å². The van der Waals surface area contributed by atoms with Gasteiger partial charge < -0.3 is 4.57 Å². The monoisotopic (exact) mass is 383 g/mol.